The summed E-state index contributed by atoms with van der Waals surface area (Å²) in [6.07, 6.45) is 1.66. The molecule has 0 spiro atoms. The number of fused-ring (bicyclic) bond motifs is 1. The van der Waals surface area contributed by atoms with Crippen molar-refractivity contribution < 1.29 is 9.53 Å². The maximum Gasteiger partial charge on any atom is 0.340 e. The first-order valence-electron chi connectivity index (χ1n) is 8.54. The molecule has 0 fully saturated rings. The molecule has 0 saturated carbocycles. The number of unbranched alkanes of at least 4 members (excludes halogenated alkanes) is 1. The fourth-order valence-corrected chi connectivity index (χ4v) is 2.99. The van der Waals surface area contributed by atoms with E-state index in [4.69, 9.17) is 16.3 Å². The summed E-state index contributed by atoms with van der Waals surface area (Å²) in [6.45, 7) is 2.29. The standard InChI is InChI=1S/C18H19ClN4O4/c1-3-4-9-23-15-14(16(24)21-18(23)26)22(2)13(20-15)10-27-17(25)11-7-5-6-8-12(11)19/h5-8H,3-4,9-10H2,1-2H3,(H,21,24,26). The number of esters is 1. The van der Waals surface area contributed by atoms with Gasteiger partial charge in [-0.3, -0.25) is 14.3 Å². The lowest BCUT2D eigenvalue weighted by Gasteiger charge is -2.06. The zero-order valence-corrected chi connectivity index (χ0v) is 15.7. The molecule has 27 heavy (non-hydrogen) atoms. The topological polar surface area (TPSA) is 99.0 Å². The molecule has 1 aromatic carbocycles. The van der Waals surface area contributed by atoms with Gasteiger partial charge in [0.1, 0.15) is 12.4 Å². The highest BCUT2D eigenvalue weighted by Gasteiger charge is 2.18. The van der Waals surface area contributed by atoms with E-state index in [1.54, 1.807) is 31.3 Å². The van der Waals surface area contributed by atoms with Gasteiger partial charge in [-0.2, -0.15) is 0 Å². The number of rotatable bonds is 6. The Balaban J connectivity index is 1.94. The van der Waals surface area contributed by atoms with E-state index in [2.05, 4.69) is 9.97 Å². The van der Waals surface area contributed by atoms with Crippen LogP contribution in [0.5, 0.6) is 0 Å². The molecule has 1 N–H and O–H groups in total. The number of nitrogens with one attached hydrogen (secondary N) is 1. The van der Waals surface area contributed by atoms with Gasteiger partial charge in [0.25, 0.3) is 5.56 Å². The lowest BCUT2D eigenvalue weighted by atomic mass is 10.2. The third kappa shape index (κ3) is 3.66. The van der Waals surface area contributed by atoms with E-state index < -0.39 is 17.2 Å². The summed E-state index contributed by atoms with van der Waals surface area (Å²) in [5.41, 5.74) is -0.242. The molecule has 2 heterocycles. The molecule has 0 aliphatic carbocycles. The van der Waals surface area contributed by atoms with E-state index >= 15 is 0 Å². The number of ether oxygens (including phenoxy) is 1. The normalized spacial score (nSPS) is 11.1. The number of imidazole rings is 1. The Kier molecular flexibility index (Phi) is 5.46. The van der Waals surface area contributed by atoms with Gasteiger partial charge in [0.15, 0.2) is 11.2 Å². The second-order valence-corrected chi connectivity index (χ2v) is 6.49. The molecule has 8 nitrogen and oxygen atoms in total. The van der Waals surface area contributed by atoms with Gasteiger partial charge in [-0.15, -0.1) is 0 Å². The number of aryl methyl sites for hydroxylation is 2. The molecule has 0 amide bonds. The molecule has 3 aromatic rings. The van der Waals surface area contributed by atoms with Gasteiger partial charge in [-0.1, -0.05) is 37.1 Å². The van der Waals surface area contributed by atoms with Crippen LogP contribution >= 0.6 is 11.6 Å². The molecule has 3 rings (SSSR count). The van der Waals surface area contributed by atoms with Crippen LogP contribution in [0, 0.1) is 0 Å². The Morgan fingerprint density at radius 1 is 1.30 bits per heavy atom. The molecule has 0 bridgehead atoms. The third-order valence-corrected chi connectivity index (χ3v) is 4.60. The van der Waals surface area contributed by atoms with E-state index in [1.807, 2.05) is 6.92 Å². The van der Waals surface area contributed by atoms with Crippen molar-refractivity contribution in [1.29, 1.82) is 0 Å². The summed E-state index contributed by atoms with van der Waals surface area (Å²) in [7, 11) is 1.64. The van der Waals surface area contributed by atoms with Gasteiger partial charge >= 0.3 is 11.7 Å². The summed E-state index contributed by atoms with van der Waals surface area (Å²) in [5.74, 6) is -0.239. The van der Waals surface area contributed by atoms with Crippen molar-refractivity contribution in [2.45, 2.75) is 32.9 Å². The van der Waals surface area contributed by atoms with Crippen molar-refractivity contribution in [1.82, 2.24) is 19.1 Å². The summed E-state index contributed by atoms with van der Waals surface area (Å²) < 4.78 is 8.24. The first-order chi connectivity index (χ1) is 12.9. The first kappa shape index (κ1) is 18.9. The fourth-order valence-electron chi connectivity index (χ4n) is 2.78. The Hall–Kier alpha value is -2.87. The number of carbonyl (C=O) groups excluding carboxylic acids is 1. The van der Waals surface area contributed by atoms with E-state index in [0.29, 0.717) is 12.4 Å². The predicted octanol–water partition coefficient (Wildman–Crippen LogP) is 2.23. The van der Waals surface area contributed by atoms with Crippen LogP contribution in [0.3, 0.4) is 0 Å². The zero-order chi connectivity index (χ0) is 19.6. The minimum absolute atomic E-state index is 0.156. The summed E-state index contributed by atoms with van der Waals surface area (Å²) in [4.78, 5) is 43.2. The van der Waals surface area contributed by atoms with Crippen LogP contribution in [0.15, 0.2) is 33.9 Å². The molecule has 142 valence electrons. The summed E-state index contributed by atoms with van der Waals surface area (Å²) in [5, 5.41) is 0.289. The minimum atomic E-state index is -0.593. The zero-order valence-electron chi connectivity index (χ0n) is 15.0. The average molecular weight is 391 g/mol. The lowest BCUT2D eigenvalue weighted by Crippen LogP contribution is -2.31. The largest absolute Gasteiger partial charge is 0.454 e. The van der Waals surface area contributed by atoms with Gasteiger partial charge < -0.3 is 9.30 Å². The minimum Gasteiger partial charge on any atom is -0.454 e. The average Bonchev–Trinajstić information content (AvgIpc) is 2.97. The van der Waals surface area contributed by atoms with Crippen molar-refractivity contribution >= 4 is 28.7 Å². The molecular formula is C18H19ClN4O4. The molecule has 0 radical (unpaired) electrons. The molecule has 0 atom stereocenters. The van der Waals surface area contributed by atoms with Crippen molar-refractivity contribution in [2.24, 2.45) is 7.05 Å². The highest BCUT2D eigenvalue weighted by molar-refractivity contribution is 6.33. The SMILES string of the molecule is CCCCn1c(=O)[nH]c(=O)c2c1nc(COC(=O)c1ccccc1Cl)n2C. The molecule has 0 unspecified atom stereocenters. The van der Waals surface area contributed by atoms with Crippen LogP contribution in [0.25, 0.3) is 11.2 Å². The first-order valence-corrected chi connectivity index (χ1v) is 8.92. The maximum atomic E-state index is 12.2. The van der Waals surface area contributed by atoms with Gasteiger partial charge in [-0.25, -0.2) is 14.6 Å². The second-order valence-electron chi connectivity index (χ2n) is 6.08. The van der Waals surface area contributed by atoms with E-state index in [1.165, 1.54) is 9.13 Å². The number of aromatic nitrogens is 4. The summed E-state index contributed by atoms with van der Waals surface area (Å²) in [6, 6.07) is 6.56. The van der Waals surface area contributed by atoms with Crippen molar-refractivity contribution in [3.8, 4) is 0 Å². The van der Waals surface area contributed by atoms with Crippen LogP contribution < -0.4 is 11.2 Å². The molecule has 9 heteroatoms. The molecular weight excluding hydrogens is 372 g/mol. The van der Waals surface area contributed by atoms with Crippen LogP contribution in [0.2, 0.25) is 5.02 Å². The Bertz CT molecular complexity index is 1110. The van der Waals surface area contributed by atoms with Crippen LogP contribution in [0.1, 0.15) is 35.9 Å². The third-order valence-electron chi connectivity index (χ3n) is 4.27. The molecule has 2 aromatic heterocycles. The lowest BCUT2D eigenvalue weighted by molar-refractivity contribution is 0.0460. The van der Waals surface area contributed by atoms with Crippen LogP contribution in [0.4, 0.5) is 0 Å². The van der Waals surface area contributed by atoms with Crippen molar-refractivity contribution in [3.05, 3.63) is 61.5 Å². The second kappa shape index (κ2) is 7.79. The van der Waals surface area contributed by atoms with E-state index in [-0.39, 0.29) is 28.4 Å². The fraction of sp³-hybridized carbons (Fsp3) is 0.333. The monoisotopic (exact) mass is 390 g/mol. The van der Waals surface area contributed by atoms with Crippen molar-refractivity contribution in [3.63, 3.8) is 0 Å². The van der Waals surface area contributed by atoms with Gasteiger partial charge in [-0.05, 0) is 18.6 Å². The van der Waals surface area contributed by atoms with Gasteiger partial charge in [0.05, 0.1) is 10.6 Å². The quantitative estimate of drug-likeness (QED) is 0.651. The number of H-pyrrole nitrogens is 1. The number of aromatic amines is 1. The molecule has 0 aliphatic rings. The van der Waals surface area contributed by atoms with Crippen LogP contribution in [-0.2, 0) is 24.9 Å². The van der Waals surface area contributed by atoms with E-state index in [0.717, 1.165) is 12.8 Å². The highest BCUT2D eigenvalue weighted by Crippen LogP contribution is 2.17. The van der Waals surface area contributed by atoms with E-state index in [9.17, 15) is 14.4 Å². The van der Waals surface area contributed by atoms with Gasteiger partial charge in [0.2, 0.25) is 0 Å². The summed E-state index contributed by atoms with van der Waals surface area (Å²) >= 11 is 6.00. The highest BCUT2D eigenvalue weighted by atomic mass is 35.5. The van der Waals surface area contributed by atoms with Crippen LogP contribution in [-0.4, -0.2) is 25.1 Å². The van der Waals surface area contributed by atoms with Crippen molar-refractivity contribution in [2.75, 3.05) is 0 Å². The number of carbonyl (C=O) groups is 1. The molecule has 0 aliphatic heterocycles. The number of benzene rings is 1. The number of nitrogens with zero attached hydrogens (tertiary/aromatic N) is 3. The number of hydrogen-bond acceptors (Lipinski definition) is 5. The Morgan fingerprint density at radius 3 is 2.74 bits per heavy atom. The smallest absolute Gasteiger partial charge is 0.340 e. The predicted molar refractivity (Wildman–Crippen MR) is 101 cm³/mol. The molecule has 0 saturated heterocycles. The maximum absolute atomic E-state index is 12.2. The number of hydrogen-bond donors (Lipinski definition) is 1. The van der Waals surface area contributed by atoms with Gasteiger partial charge in [0, 0.05) is 13.6 Å². The number of halogens is 1. The Morgan fingerprint density at radius 2 is 2.04 bits per heavy atom. The Labute approximate surface area is 159 Å².